The van der Waals surface area contributed by atoms with Gasteiger partial charge in [-0.25, -0.2) is 18.5 Å². The molecule has 0 unspecified atom stereocenters. The average molecular weight is 382 g/mol. The number of anilines is 2. The molecule has 0 saturated heterocycles. The highest BCUT2D eigenvalue weighted by Crippen LogP contribution is 2.35. The first kappa shape index (κ1) is 17.0. The van der Waals surface area contributed by atoms with Gasteiger partial charge in [0, 0.05) is 28.7 Å². The first-order chi connectivity index (χ1) is 12.9. The summed E-state index contributed by atoms with van der Waals surface area (Å²) in [5.41, 5.74) is 3.28. The maximum atomic E-state index is 12.3. The fourth-order valence-corrected chi connectivity index (χ4v) is 3.25. The number of primary sulfonamides is 1. The smallest absolute Gasteiger partial charge is 0.257 e. The first-order valence-electron chi connectivity index (χ1n) is 7.86. The zero-order chi connectivity index (χ0) is 19.0. The van der Waals surface area contributed by atoms with E-state index in [1.807, 2.05) is 12.1 Å². The average Bonchev–Trinajstić information content (AvgIpc) is 3.26. The Morgan fingerprint density at radius 2 is 1.93 bits per heavy atom. The molecule has 9 heteroatoms. The van der Waals surface area contributed by atoms with E-state index < -0.39 is 10.0 Å². The number of amides is 1. The minimum atomic E-state index is -3.75. The summed E-state index contributed by atoms with van der Waals surface area (Å²) in [4.78, 5) is 16.2. The molecule has 1 aliphatic rings. The lowest BCUT2D eigenvalue weighted by Crippen LogP contribution is -2.11. The van der Waals surface area contributed by atoms with Crippen molar-refractivity contribution < 1.29 is 17.6 Å². The highest BCUT2D eigenvalue weighted by molar-refractivity contribution is 7.89. The number of nitrogens with one attached hydrogen (secondary N) is 2. The van der Waals surface area contributed by atoms with E-state index >= 15 is 0 Å². The van der Waals surface area contributed by atoms with Crippen molar-refractivity contribution in [3.8, 4) is 11.3 Å². The van der Waals surface area contributed by atoms with Gasteiger partial charge in [-0.15, -0.1) is 0 Å². The van der Waals surface area contributed by atoms with E-state index in [0.29, 0.717) is 22.7 Å². The van der Waals surface area contributed by atoms with Gasteiger partial charge < -0.3 is 15.1 Å². The van der Waals surface area contributed by atoms with Crippen LogP contribution >= 0.6 is 0 Å². The number of carbonyl (C=O) groups excluding carboxylic acids is 1. The van der Waals surface area contributed by atoms with Gasteiger partial charge in [0.25, 0.3) is 5.91 Å². The SMILES string of the molecule is NS(=O)(=O)c1ccc(N/C=C2\C(=O)Nc3ccc(-c4cnco4)cc32)cc1. The van der Waals surface area contributed by atoms with Crippen LogP contribution in [0.2, 0.25) is 0 Å². The minimum Gasteiger partial charge on any atom is -0.444 e. The summed E-state index contributed by atoms with van der Waals surface area (Å²) < 4.78 is 27.9. The molecule has 4 rings (SSSR count). The van der Waals surface area contributed by atoms with Gasteiger partial charge in [-0.05, 0) is 42.5 Å². The van der Waals surface area contributed by atoms with Crippen LogP contribution in [0.3, 0.4) is 0 Å². The molecule has 0 spiro atoms. The third-order valence-electron chi connectivity index (χ3n) is 4.09. The van der Waals surface area contributed by atoms with E-state index in [1.54, 1.807) is 30.6 Å². The summed E-state index contributed by atoms with van der Waals surface area (Å²) in [6.45, 7) is 0. The zero-order valence-corrected chi connectivity index (χ0v) is 14.7. The summed E-state index contributed by atoms with van der Waals surface area (Å²) in [5, 5.41) is 10.9. The van der Waals surface area contributed by atoms with Gasteiger partial charge >= 0.3 is 0 Å². The van der Waals surface area contributed by atoms with Crippen molar-refractivity contribution in [2.75, 3.05) is 10.6 Å². The van der Waals surface area contributed by atoms with E-state index in [1.165, 1.54) is 18.5 Å². The molecular formula is C18H14N4O4S. The molecule has 2 aromatic carbocycles. The van der Waals surface area contributed by atoms with Gasteiger partial charge in [0.05, 0.1) is 16.7 Å². The Labute approximate surface area is 154 Å². The Kier molecular flexibility index (Phi) is 4.02. The summed E-state index contributed by atoms with van der Waals surface area (Å²) >= 11 is 0. The topological polar surface area (TPSA) is 127 Å². The number of hydrogen-bond acceptors (Lipinski definition) is 6. The van der Waals surface area contributed by atoms with Crippen LogP contribution in [0, 0.1) is 0 Å². The fraction of sp³-hybridized carbons (Fsp3) is 0. The van der Waals surface area contributed by atoms with Crippen molar-refractivity contribution in [1.82, 2.24) is 4.98 Å². The van der Waals surface area contributed by atoms with Crippen LogP contribution < -0.4 is 15.8 Å². The highest BCUT2D eigenvalue weighted by Gasteiger charge is 2.25. The van der Waals surface area contributed by atoms with Crippen molar-refractivity contribution in [3.63, 3.8) is 0 Å². The standard InChI is InChI=1S/C18H14N4O4S/c19-27(24,25)13-4-2-12(3-5-13)21-8-15-14-7-11(17-9-20-10-26-17)1-6-16(14)22-18(15)23/h1-10,21H,(H,22,23)(H2,19,24,25)/b15-8-. The van der Waals surface area contributed by atoms with Crippen LogP contribution in [0.25, 0.3) is 16.9 Å². The van der Waals surface area contributed by atoms with Crippen molar-refractivity contribution in [3.05, 3.63) is 66.8 Å². The number of hydrogen-bond donors (Lipinski definition) is 3. The van der Waals surface area contributed by atoms with E-state index in [2.05, 4.69) is 15.6 Å². The second kappa shape index (κ2) is 6.38. The van der Waals surface area contributed by atoms with E-state index in [4.69, 9.17) is 9.56 Å². The van der Waals surface area contributed by atoms with Crippen LogP contribution in [0.4, 0.5) is 11.4 Å². The van der Waals surface area contributed by atoms with Gasteiger partial charge in [0.2, 0.25) is 10.0 Å². The number of nitrogens with zero attached hydrogens (tertiary/aromatic N) is 1. The molecule has 27 heavy (non-hydrogen) atoms. The van der Waals surface area contributed by atoms with E-state index in [-0.39, 0.29) is 10.8 Å². The van der Waals surface area contributed by atoms with Crippen molar-refractivity contribution in [2.45, 2.75) is 4.90 Å². The van der Waals surface area contributed by atoms with Crippen molar-refractivity contribution in [2.24, 2.45) is 5.14 Å². The van der Waals surface area contributed by atoms with E-state index in [9.17, 15) is 13.2 Å². The number of fused-ring (bicyclic) bond motifs is 1. The highest BCUT2D eigenvalue weighted by atomic mass is 32.2. The molecule has 1 aromatic heterocycles. The number of aromatic nitrogens is 1. The van der Waals surface area contributed by atoms with Gasteiger partial charge in [0.1, 0.15) is 0 Å². The Hall–Kier alpha value is -3.43. The molecule has 4 N–H and O–H groups in total. The second-order valence-corrected chi connectivity index (χ2v) is 7.41. The number of rotatable bonds is 4. The molecule has 1 amide bonds. The Morgan fingerprint density at radius 3 is 2.59 bits per heavy atom. The van der Waals surface area contributed by atoms with Gasteiger partial charge in [0.15, 0.2) is 12.2 Å². The number of benzene rings is 2. The lowest BCUT2D eigenvalue weighted by atomic mass is 10.0. The molecule has 2 heterocycles. The molecule has 0 atom stereocenters. The third-order valence-corrected chi connectivity index (χ3v) is 5.01. The number of sulfonamides is 1. The lowest BCUT2D eigenvalue weighted by molar-refractivity contribution is -0.110. The van der Waals surface area contributed by atoms with Crippen LogP contribution in [-0.2, 0) is 14.8 Å². The normalized spacial score (nSPS) is 14.9. The third kappa shape index (κ3) is 3.33. The molecule has 0 bridgehead atoms. The van der Waals surface area contributed by atoms with Crippen LogP contribution in [0.1, 0.15) is 5.56 Å². The summed E-state index contributed by atoms with van der Waals surface area (Å²) in [6.07, 6.45) is 4.51. The first-order valence-corrected chi connectivity index (χ1v) is 9.41. The van der Waals surface area contributed by atoms with Crippen LogP contribution in [-0.4, -0.2) is 19.3 Å². The Balaban J connectivity index is 1.63. The summed E-state index contributed by atoms with van der Waals surface area (Å²) in [5.74, 6) is 0.358. The monoisotopic (exact) mass is 382 g/mol. The maximum absolute atomic E-state index is 12.3. The zero-order valence-electron chi connectivity index (χ0n) is 13.8. The molecule has 0 aliphatic carbocycles. The predicted molar refractivity (Wildman–Crippen MR) is 100.0 cm³/mol. The molecule has 0 saturated carbocycles. The maximum Gasteiger partial charge on any atom is 0.257 e. The number of carbonyl (C=O) groups is 1. The Morgan fingerprint density at radius 1 is 1.15 bits per heavy atom. The van der Waals surface area contributed by atoms with Crippen LogP contribution in [0.5, 0.6) is 0 Å². The van der Waals surface area contributed by atoms with Gasteiger partial charge in [-0.1, -0.05) is 0 Å². The summed E-state index contributed by atoms with van der Waals surface area (Å²) in [6, 6.07) is 11.4. The minimum absolute atomic E-state index is 0.0151. The molecule has 1 aliphatic heterocycles. The Bertz CT molecular complexity index is 1150. The van der Waals surface area contributed by atoms with Crippen molar-refractivity contribution in [1.29, 1.82) is 0 Å². The second-order valence-electron chi connectivity index (χ2n) is 5.85. The fourth-order valence-electron chi connectivity index (χ4n) is 2.74. The van der Waals surface area contributed by atoms with Gasteiger partial charge in [-0.2, -0.15) is 0 Å². The summed E-state index contributed by atoms with van der Waals surface area (Å²) in [7, 11) is -3.75. The molecule has 3 aromatic rings. The number of nitrogens with two attached hydrogens (primary N) is 1. The van der Waals surface area contributed by atoms with E-state index in [0.717, 1.165) is 11.1 Å². The number of oxazole rings is 1. The molecule has 136 valence electrons. The van der Waals surface area contributed by atoms with Gasteiger partial charge in [-0.3, -0.25) is 4.79 Å². The molecule has 0 radical (unpaired) electrons. The van der Waals surface area contributed by atoms with Crippen LogP contribution in [0.15, 0.2) is 70.6 Å². The predicted octanol–water partition coefficient (Wildman–Crippen LogP) is 2.39. The van der Waals surface area contributed by atoms with Crippen molar-refractivity contribution >= 4 is 32.9 Å². The lowest BCUT2D eigenvalue weighted by Gasteiger charge is -2.05. The molecule has 8 nitrogen and oxygen atoms in total. The quantitative estimate of drug-likeness (QED) is 0.595. The molecule has 0 fully saturated rings. The largest absolute Gasteiger partial charge is 0.444 e. The molecular weight excluding hydrogens is 368 g/mol.